The minimum atomic E-state index is -1.67. The number of benzene rings is 6. The van der Waals surface area contributed by atoms with Crippen LogP contribution >= 0.6 is 11.3 Å². The maximum atomic E-state index is 8.55. The summed E-state index contributed by atoms with van der Waals surface area (Å²) in [6, 6.07) is 52.0. The molecule has 6 aromatic carbocycles. The summed E-state index contributed by atoms with van der Waals surface area (Å²) in [6.45, 7) is 10.6. The molecule has 0 spiro atoms. The number of furan rings is 1. The van der Waals surface area contributed by atoms with Gasteiger partial charge in [-0.05, 0) is 65.6 Å². The van der Waals surface area contributed by atoms with Crippen LogP contribution in [0.2, 0.25) is 19.6 Å². The van der Waals surface area contributed by atoms with Crippen molar-refractivity contribution < 1.29 is 27.3 Å². The largest absolute Gasteiger partial charge is 0.501 e. The van der Waals surface area contributed by atoms with E-state index < -0.39 is 14.4 Å². The van der Waals surface area contributed by atoms with Crippen LogP contribution in [0, 0.1) is 18.1 Å². The number of imidazole rings is 1. The fourth-order valence-corrected chi connectivity index (χ4v) is 9.84. The van der Waals surface area contributed by atoms with E-state index in [-0.39, 0.29) is 26.0 Å². The molecule has 0 saturated carbocycles. The van der Waals surface area contributed by atoms with Gasteiger partial charge in [0, 0.05) is 60.3 Å². The van der Waals surface area contributed by atoms with E-state index in [0.29, 0.717) is 0 Å². The molecule has 10 rings (SSSR count). The van der Waals surface area contributed by atoms with Crippen molar-refractivity contribution >= 4 is 77.7 Å². The number of hydrogen-bond donors (Lipinski definition) is 0. The number of rotatable bonds is 6. The molecule has 0 atom stereocenters. The van der Waals surface area contributed by atoms with E-state index in [1.54, 1.807) is 0 Å². The zero-order chi connectivity index (χ0) is 39.5. The van der Waals surface area contributed by atoms with Gasteiger partial charge in [0.2, 0.25) is 0 Å². The van der Waals surface area contributed by atoms with Gasteiger partial charge in [0.05, 0.1) is 30.5 Å². The predicted octanol–water partition coefficient (Wildman–Crippen LogP) is 13.0. The van der Waals surface area contributed by atoms with Crippen LogP contribution in [0.15, 0.2) is 144 Å². The summed E-state index contributed by atoms with van der Waals surface area (Å²) in [6.07, 6.45) is 0.528. The number of nitrogens with zero attached hydrogens (tertiary/aromatic N) is 3. The van der Waals surface area contributed by atoms with Crippen LogP contribution < -0.4 is 5.19 Å². The van der Waals surface area contributed by atoms with Gasteiger partial charge in [0.25, 0.3) is 0 Å². The SMILES string of the molecule is [2H]C([2H])(c1cc(-c2[c-]cccc2)ncc1[Si](C)(C)C)C(C)C.[Ir].[c-]1ccc2c(oc3ccccc32)c1-c1nc2ccccc2n1-c1ccc2sc3ccccc3c2c1. The number of aromatic nitrogens is 3. The number of thiophene rings is 1. The molecule has 0 unspecified atom stereocenters. The van der Waals surface area contributed by atoms with Crippen LogP contribution in [0.1, 0.15) is 22.2 Å². The van der Waals surface area contributed by atoms with Crippen molar-refractivity contribution in [2.75, 3.05) is 0 Å². The molecule has 0 bridgehead atoms. The Hall–Kier alpha value is -5.17. The van der Waals surface area contributed by atoms with Crippen LogP contribution in [0.25, 0.3) is 81.5 Å². The molecule has 0 fully saturated rings. The molecule has 1 radical (unpaired) electrons. The van der Waals surface area contributed by atoms with Gasteiger partial charge in [-0.2, -0.15) is 0 Å². The normalized spacial score (nSPS) is 12.5. The van der Waals surface area contributed by atoms with Crippen molar-refractivity contribution in [3.05, 3.63) is 157 Å². The Morgan fingerprint density at radius 2 is 1.52 bits per heavy atom. The molecule has 0 aliphatic heterocycles. The Bertz CT molecular complexity index is 3090. The van der Waals surface area contributed by atoms with Gasteiger partial charge >= 0.3 is 0 Å². The summed E-state index contributed by atoms with van der Waals surface area (Å²) in [7, 11) is -1.67. The molecular weight excluding hydrogens is 899 g/mol. The van der Waals surface area contributed by atoms with E-state index in [4.69, 9.17) is 12.1 Å². The number of hydrogen-bond acceptors (Lipinski definition) is 4. The fraction of sp³-hybridized carbons (Fsp3) is 0.143. The molecule has 4 heterocycles. The van der Waals surface area contributed by atoms with E-state index in [1.165, 1.54) is 20.2 Å². The van der Waals surface area contributed by atoms with E-state index in [0.717, 1.165) is 72.1 Å². The molecule has 7 heteroatoms. The third-order valence-corrected chi connectivity index (χ3v) is 13.0. The van der Waals surface area contributed by atoms with Crippen molar-refractivity contribution in [3.63, 3.8) is 0 Å². The summed E-state index contributed by atoms with van der Waals surface area (Å²) < 4.78 is 28.3. The first-order valence-corrected chi connectivity index (χ1v) is 23.0. The fourth-order valence-electron chi connectivity index (χ4n) is 7.35. The average Bonchev–Trinajstić information content (AvgIpc) is 3.92. The van der Waals surface area contributed by atoms with Crippen LogP contribution in [-0.4, -0.2) is 22.6 Å². The molecule has 4 aromatic heterocycles. The first-order valence-electron chi connectivity index (χ1n) is 19.7. The van der Waals surface area contributed by atoms with E-state index in [9.17, 15) is 0 Å². The van der Waals surface area contributed by atoms with Gasteiger partial charge in [-0.15, -0.1) is 65.4 Å². The van der Waals surface area contributed by atoms with E-state index >= 15 is 0 Å². The summed E-state index contributed by atoms with van der Waals surface area (Å²) >= 11 is 1.83. The average molecular weight is 942 g/mol. The summed E-state index contributed by atoms with van der Waals surface area (Å²) in [5.74, 6) is 0.743. The van der Waals surface area contributed by atoms with Crippen LogP contribution in [0.5, 0.6) is 0 Å². The zero-order valence-corrected chi connectivity index (χ0v) is 36.1. The maximum Gasteiger partial charge on any atom is 0.120 e. The topological polar surface area (TPSA) is 43.9 Å². The number of pyridine rings is 1. The van der Waals surface area contributed by atoms with Crippen molar-refractivity contribution in [1.29, 1.82) is 0 Å². The molecule has 4 nitrogen and oxygen atoms in total. The van der Waals surface area contributed by atoms with Gasteiger partial charge in [0.1, 0.15) is 5.58 Å². The quantitative estimate of drug-likeness (QED) is 0.123. The van der Waals surface area contributed by atoms with Gasteiger partial charge in [0.15, 0.2) is 0 Å². The molecule has 0 saturated heterocycles. The van der Waals surface area contributed by atoms with E-state index in [2.05, 4.69) is 114 Å². The Morgan fingerprint density at radius 1 is 0.768 bits per heavy atom. The maximum absolute atomic E-state index is 8.55. The third kappa shape index (κ3) is 7.05. The van der Waals surface area contributed by atoms with Gasteiger partial charge in [-0.25, -0.2) is 0 Å². The minimum absolute atomic E-state index is 0. The first-order chi connectivity index (χ1) is 27.5. The zero-order valence-electron chi connectivity index (χ0n) is 33.8. The molecule has 0 amide bonds. The minimum Gasteiger partial charge on any atom is -0.501 e. The molecular formula is C49H41IrN3OSSi-2. The summed E-state index contributed by atoms with van der Waals surface area (Å²) in [4.78, 5) is 9.67. The predicted molar refractivity (Wildman–Crippen MR) is 236 cm³/mol. The van der Waals surface area contributed by atoms with Crippen molar-refractivity contribution in [2.45, 2.75) is 39.9 Å². The Kier molecular flexibility index (Phi) is 9.70. The van der Waals surface area contributed by atoms with Crippen molar-refractivity contribution in [1.82, 2.24) is 14.5 Å². The standard InChI is InChI=1S/C31H17N2OS.C18H24NSi.Ir/c1-5-14-27-20(8-1)22-10-7-11-23(30(22)34-27)31-32-25-12-3-4-13-26(25)33(31)19-16-17-29-24(18-19)21-9-2-6-15-28(21)35-29;1-14(2)11-16-12-17(15-9-7-6-8-10-15)19-13-18(16)20(3,4)5;/h1-10,12-18H;6-9,12-14H,11H2,1-5H3;/q2*-1;/i;11D2;. The van der Waals surface area contributed by atoms with Crippen LogP contribution in [-0.2, 0) is 26.5 Å². The van der Waals surface area contributed by atoms with Crippen molar-refractivity contribution in [2.24, 2.45) is 5.92 Å². The number of fused-ring (bicyclic) bond motifs is 7. The number of para-hydroxylation sites is 3. The second-order valence-corrected chi connectivity index (χ2v) is 21.3. The molecule has 0 N–H and O–H groups in total. The smallest absolute Gasteiger partial charge is 0.120 e. The molecule has 0 aliphatic carbocycles. The molecule has 10 aromatic rings. The Balaban J connectivity index is 0.000000178. The first kappa shape index (κ1) is 35.3. The Labute approximate surface area is 349 Å². The second-order valence-electron chi connectivity index (χ2n) is 15.2. The van der Waals surface area contributed by atoms with Crippen molar-refractivity contribution in [3.8, 4) is 28.3 Å². The van der Waals surface area contributed by atoms with Gasteiger partial charge < -0.3 is 14.0 Å². The Morgan fingerprint density at radius 3 is 2.32 bits per heavy atom. The van der Waals surface area contributed by atoms with Gasteiger partial charge in [-0.1, -0.05) is 105 Å². The van der Waals surface area contributed by atoms with Gasteiger partial charge in [-0.3, -0.25) is 4.98 Å². The third-order valence-electron chi connectivity index (χ3n) is 9.88. The summed E-state index contributed by atoms with van der Waals surface area (Å²) in [5.41, 5.74) is 8.12. The molecule has 0 aliphatic rings. The monoisotopic (exact) mass is 942 g/mol. The summed E-state index contributed by atoms with van der Waals surface area (Å²) in [5, 5.41) is 5.83. The van der Waals surface area contributed by atoms with Crippen LogP contribution in [0.3, 0.4) is 0 Å². The molecule has 279 valence electrons. The van der Waals surface area contributed by atoms with Crippen LogP contribution in [0.4, 0.5) is 0 Å². The molecule has 56 heavy (non-hydrogen) atoms. The van der Waals surface area contributed by atoms with E-state index in [1.807, 2.05) is 92.0 Å². The second kappa shape index (κ2) is 15.4.